The Morgan fingerprint density at radius 1 is 1.25 bits per heavy atom. The molecule has 0 spiro atoms. The van der Waals surface area contributed by atoms with Gasteiger partial charge in [-0.1, -0.05) is 26.7 Å². The fraction of sp³-hybridized carbons (Fsp3) is 1.00. The third-order valence-corrected chi connectivity index (χ3v) is 4.83. The first kappa shape index (κ1) is 12.4. The molecule has 0 radical (unpaired) electrons. The van der Waals surface area contributed by atoms with Crippen LogP contribution in [-0.2, 0) is 0 Å². The van der Waals surface area contributed by atoms with Crippen LogP contribution in [0.2, 0.25) is 0 Å². The van der Waals surface area contributed by atoms with E-state index in [1.54, 1.807) is 0 Å². The summed E-state index contributed by atoms with van der Waals surface area (Å²) >= 11 is 0. The Kier molecular flexibility index (Phi) is 3.60. The molecule has 1 aliphatic heterocycles. The molecule has 0 bridgehead atoms. The molecule has 3 atom stereocenters. The fourth-order valence-corrected chi connectivity index (χ4v) is 3.40. The molecule has 0 amide bonds. The van der Waals surface area contributed by atoms with Gasteiger partial charge in [-0.05, 0) is 38.6 Å². The van der Waals surface area contributed by atoms with Crippen molar-refractivity contribution in [3.8, 4) is 0 Å². The van der Waals surface area contributed by atoms with Crippen molar-refractivity contribution >= 4 is 0 Å². The summed E-state index contributed by atoms with van der Waals surface area (Å²) in [5.74, 6) is 0. The zero-order chi connectivity index (χ0) is 11.8. The lowest BCUT2D eigenvalue weighted by atomic mass is 9.73. The van der Waals surface area contributed by atoms with Gasteiger partial charge >= 0.3 is 0 Å². The monoisotopic (exact) mass is 224 g/mol. The maximum absolute atomic E-state index is 3.93. The molecule has 1 aliphatic carbocycles. The Morgan fingerprint density at radius 2 is 2.00 bits per heavy atom. The summed E-state index contributed by atoms with van der Waals surface area (Å²) in [5, 5.41) is 3.93. The number of nitrogens with one attached hydrogen (secondary N) is 1. The van der Waals surface area contributed by atoms with Gasteiger partial charge in [0.15, 0.2) is 0 Å². The third-order valence-electron chi connectivity index (χ3n) is 4.83. The summed E-state index contributed by atoms with van der Waals surface area (Å²) in [6.07, 6.45) is 6.93. The molecule has 1 N–H and O–H groups in total. The lowest BCUT2D eigenvalue weighted by Gasteiger charge is -2.40. The Labute approximate surface area is 101 Å². The maximum Gasteiger partial charge on any atom is 0.0212 e. The van der Waals surface area contributed by atoms with Gasteiger partial charge in [-0.3, -0.25) is 0 Å². The number of hydrogen-bond acceptors (Lipinski definition) is 2. The summed E-state index contributed by atoms with van der Waals surface area (Å²) in [6.45, 7) is 8.44. The number of hydrogen-bond donors (Lipinski definition) is 1. The van der Waals surface area contributed by atoms with E-state index in [9.17, 15) is 0 Å². The second kappa shape index (κ2) is 4.66. The Balaban J connectivity index is 1.89. The van der Waals surface area contributed by atoms with Crippen LogP contribution < -0.4 is 5.32 Å². The SMILES string of the molecule is CC1CC(NC2CCCCC2(C)C)CN1C. The molecule has 3 unspecified atom stereocenters. The topological polar surface area (TPSA) is 15.3 Å². The van der Waals surface area contributed by atoms with Gasteiger partial charge in [0.25, 0.3) is 0 Å². The van der Waals surface area contributed by atoms with Crippen molar-refractivity contribution in [3.63, 3.8) is 0 Å². The van der Waals surface area contributed by atoms with Crippen molar-refractivity contribution in [1.29, 1.82) is 0 Å². The van der Waals surface area contributed by atoms with Crippen LogP contribution in [0.15, 0.2) is 0 Å². The van der Waals surface area contributed by atoms with Gasteiger partial charge in [0.1, 0.15) is 0 Å². The predicted octanol–water partition coefficient (Wildman–Crippen LogP) is 2.64. The molecule has 2 heteroatoms. The number of likely N-dealkylation sites (N-methyl/N-ethyl adjacent to an activating group) is 1. The van der Waals surface area contributed by atoms with Crippen LogP contribution in [0.25, 0.3) is 0 Å². The van der Waals surface area contributed by atoms with Crippen LogP contribution in [0.3, 0.4) is 0 Å². The van der Waals surface area contributed by atoms with Crippen molar-refractivity contribution in [1.82, 2.24) is 10.2 Å². The summed E-state index contributed by atoms with van der Waals surface area (Å²) in [6, 6.07) is 2.22. The predicted molar refractivity (Wildman–Crippen MR) is 69.7 cm³/mol. The third kappa shape index (κ3) is 2.60. The molecule has 94 valence electrons. The van der Waals surface area contributed by atoms with Crippen molar-refractivity contribution in [2.45, 2.75) is 71.0 Å². The van der Waals surface area contributed by atoms with Crippen molar-refractivity contribution in [3.05, 3.63) is 0 Å². The van der Waals surface area contributed by atoms with Crippen LogP contribution >= 0.6 is 0 Å². The fourth-order valence-electron chi connectivity index (χ4n) is 3.40. The van der Waals surface area contributed by atoms with Crippen LogP contribution in [-0.4, -0.2) is 36.6 Å². The highest BCUT2D eigenvalue weighted by Crippen LogP contribution is 2.36. The molecule has 2 rings (SSSR count). The molecule has 0 aromatic heterocycles. The molecule has 0 aromatic carbocycles. The van der Waals surface area contributed by atoms with E-state index in [0.717, 1.165) is 18.1 Å². The normalized spacial score (nSPS) is 40.1. The van der Waals surface area contributed by atoms with E-state index in [1.807, 2.05) is 0 Å². The second-order valence-corrected chi connectivity index (χ2v) is 6.67. The van der Waals surface area contributed by atoms with Crippen LogP contribution in [0.5, 0.6) is 0 Å². The van der Waals surface area contributed by atoms with Gasteiger partial charge < -0.3 is 10.2 Å². The number of rotatable bonds is 2. The lowest BCUT2D eigenvalue weighted by Crippen LogP contribution is -2.49. The van der Waals surface area contributed by atoms with Crippen molar-refractivity contribution < 1.29 is 0 Å². The second-order valence-electron chi connectivity index (χ2n) is 6.67. The standard InChI is InChI=1S/C14H28N2/c1-11-9-12(10-16(11)4)15-13-7-5-6-8-14(13,2)3/h11-13,15H,5-10H2,1-4H3. The minimum absolute atomic E-state index is 0.503. The molecular weight excluding hydrogens is 196 g/mol. The molecule has 1 saturated heterocycles. The first-order chi connectivity index (χ1) is 7.49. The maximum atomic E-state index is 3.93. The van der Waals surface area contributed by atoms with E-state index < -0.39 is 0 Å². The highest BCUT2D eigenvalue weighted by Gasteiger charge is 2.35. The molecule has 1 saturated carbocycles. The molecule has 0 aromatic rings. The lowest BCUT2D eigenvalue weighted by molar-refractivity contribution is 0.156. The van der Waals surface area contributed by atoms with Gasteiger partial charge in [-0.25, -0.2) is 0 Å². The first-order valence-corrected chi connectivity index (χ1v) is 6.95. The highest BCUT2D eigenvalue weighted by molar-refractivity contribution is 4.93. The highest BCUT2D eigenvalue weighted by atomic mass is 15.2. The summed E-state index contributed by atoms with van der Waals surface area (Å²) in [4.78, 5) is 2.48. The van der Waals surface area contributed by atoms with Crippen LogP contribution in [0.1, 0.15) is 52.9 Å². The molecule has 2 fully saturated rings. The number of nitrogens with zero attached hydrogens (tertiary/aromatic N) is 1. The van der Waals surface area contributed by atoms with E-state index in [4.69, 9.17) is 0 Å². The average molecular weight is 224 g/mol. The minimum Gasteiger partial charge on any atom is -0.309 e. The summed E-state index contributed by atoms with van der Waals surface area (Å²) in [5.41, 5.74) is 0.503. The van der Waals surface area contributed by atoms with Gasteiger partial charge in [0.05, 0.1) is 0 Å². The zero-order valence-corrected chi connectivity index (χ0v) is 11.4. The van der Waals surface area contributed by atoms with E-state index >= 15 is 0 Å². The molecule has 16 heavy (non-hydrogen) atoms. The first-order valence-electron chi connectivity index (χ1n) is 6.95. The molecule has 2 aliphatic rings. The van der Waals surface area contributed by atoms with Crippen molar-refractivity contribution in [2.24, 2.45) is 5.41 Å². The van der Waals surface area contributed by atoms with E-state index in [2.05, 4.69) is 38.0 Å². The van der Waals surface area contributed by atoms with Crippen molar-refractivity contribution in [2.75, 3.05) is 13.6 Å². The largest absolute Gasteiger partial charge is 0.309 e. The molecule has 1 heterocycles. The molecular formula is C14H28N2. The molecule has 2 nitrogen and oxygen atoms in total. The van der Waals surface area contributed by atoms with Gasteiger partial charge in [-0.15, -0.1) is 0 Å². The summed E-state index contributed by atoms with van der Waals surface area (Å²) < 4.78 is 0. The van der Waals surface area contributed by atoms with Crippen LogP contribution in [0.4, 0.5) is 0 Å². The van der Waals surface area contributed by atoms with Gasteiger partial charge in [-0.2, -0.15) is 0 Å². The smallest absolute Gasteiger partial charge is 0.0212 e. The summed E-state index contributed by atoms with van der Waals surface area (Å²) in [7, 11) is 2.25. The zero-order valence-electron chi connectivity index (χ0n) is 11.4. The minimum atomic E-state index is 0.503. The number of likely N-dealkylation sites (tertiary alicyclic amines) is 1. The Hall–Kier alpha value is -0.0800. The quantitative estimate of drug-likeness (QED) is 0.776. The van der Waals surface area contributed by atoms with Crippen LogP contribution in [0, 0.1) is 5.41 Å². The van der Waals surface area contributed by atoms with Gasteiger partial charge in [0.2, 0.25) is 0 Å². The van der Waals surface area contributed by atoms with Gasteiger partial charge in [0, 0.05) is 24.7 Å². The van der Waals surface area contributed by atoms with E-state index in [1.165, 1.54) is 38.6 Å². The average Bonchev–Trinajstić information content (AvgIpc) is 2.50. The van der Waals surface area contributed by atoms with E-state index in [-0.39, 0.29) is 0 Å². The Bertz CT molecular complexity index is 227. The Morgan fingerprint density at radius 3 is 2.56 bits per heavy atom. The van der Waals surface area contributed by atoms with E-state index in [0.29, 0.717) is 5.41 Å².